The number of likely N-dealkylation sites (N-methyl/N-ethyl adjacent to an activating group) is 1. The highest BCUT2D eigenvalue weighted by Crippen LogP contribution is 2.46. The van der Waals surface area contributed by atoms with Crippen LogP contribution in [0.25, 0.3) is 0 Å². The van der Waals surface area contributed by atoms with E-state index in [1.807, 2.05) is 13.0 Å². The van der Waals surface area contributed by atoms with Gasteiger partial charge in [0.1, 0.15) is 5.75 Å². The molecule has 39 heavy (non-hydrogen) atoms. The highest BCUT2D eigenvalue weighted by atomic mass is 32.2. The van der Waals surface area contributed by atoms with Crippen molar-refractivity contribution in [2.45, 2.75) is 95.7 Å². The summed E-state index contributed by atoms with van der Waals surface area (Å²) >= 11 is 1.66. The lowest BCUT2D eigenvalue weighted by Gasteiger charge is -2.32. The molecule has 1 aliphatic rings. The van der Waals surface area contributed by atoms with Crippen LogP contribution in [-0.4, -0.2) is 70.8 Å². The third-order valence-electron chi connectivity index (χ3n) is 6.26. The maximum Gasteiger partial charge on any atom is 0.120 e. The van der Waals surface area contributed by atoms with Gasteiger partial charge in [0.05, 0.1) is 19.3 Å². The van der Waals surface area contributed by atoms with Gasteiger partial charge in [-0.25, -0.2) is 0 Å². The van der Waals surface area contributed by atoms with E-state index in [4.69, 9.17) is 10.2 Å². The monoisotopic (exact) mass is 565 g/mol. The van der Waals surface area contributed by atoms with E-state index in [0.29, 0.717) is 25.1 Å². The first kappa shape index (κ1) is 37.4. The van der Waals surface area contributed by atoms with Gasteiger partial charge in [-0.2, -0.15) is 0 Å². The SMILES string of the molecule is CCC.CCCCCc1ccc(Cc2cc(C3CC(O)CC(CO)S3)c(O)cc2C)cc1.CNCCO.CO. The number of phenolic OH excluding ortho intramolecular Hbond substituents is 1. The maximum absolute atomic E-state index is 10.6. The molecule has 0 saturated carbocycles. The Bertz CT molecular complexity index is 860. The number of hydrogen-bond acceptors (Lipinski definition) is 7. The summed E-state index contributed by atoms with van der Waals surface area (Å²) in [6.07, 6.45) is 7.80. The van der Waals surface area contributed by atoms with E-state index < -0.39 is 6.10 Å². The van der Waals surface area contributed by atoms with Crippen LogP contribution in [0.5, 0.6) is 5.75 Å². The van der Waals surface area contributed by atoms with Crippen molar-refractivity contribution >= 4 is 11.8 Å². The average molecular weight is 566 g/mol. The molecule has 0 amide bonds. The molecule has 224 valence electrons. The molecular weight excluding hydrogens is 510 g/mol. The zero-order valence-electron chi connectivity index (χ0n) is 25.1. The van der Waals surface area contributed by atoms with E-state index in [2.05, 4.69) is 56.4 Å². The number of rotatable bonds is 10. The number of aryl methyl sites for hydroxylation is 2. The van der Waals surface area contributed by atoms with Gasteiger partial charge in [0.2, 0.25) is 0 Å². The predicted octanol–water partition coefficient (Wildman–Crippen LogP) is 5.54. The Balaban J connectivity index is 0.00000125. The van der Waals surface area contributed by atoms with Crippen LogP contribution in [0.2, 0.25) is 0 Å². The van der Waals surface area contributed by atoms with Crippen LogP contribution in [0.1, 0.15) is 92.4 Å². The summed E-state index contributed by atoms with van der Waals surface area (Å²) in [5.41, 5.74) is 5.83. The number of nitrogens with one attached hydrogen (secondary N) is 1. The smallest absolute Gasteiger partial charge is 0.120 e. The number of aromatic hydroxyl groups is 1. The first-order valence-corrected chi connectivity index (χ1v) is 15.3. The standard InChI is InChI=1S/C25H34O3S.C3H9NO.C3H8.CH4O/c1-3-4-5-6-18-7-9-19(10-8-18)12-20-13-23(24(28)11-17(20)2)25-15-21(27)14-22(16-26)29-25;1-4-2-3-5;1-3-2;1-2/h7-11,13,21-22,25-28H,3-6,12,14-16H2,1-2H3;4-5H,2-3H2,1H3;3H2,1-2H3;2H,1H3. The summed E-state index contributed by atoms with van der Waals surface area (Å²) in [6.45, 7) is 9.50. The van der Waals surface area contributed by atoms with E-state index in [9.17, 15) is 15.3 Å². The molecule has 3 unspecified atom stereocenters. The Labute approximate surface area is 241 Å². The van der Waals surface area contributed by atoms with E-state index in [-0.39, 0.29) is 23.7 Å². The van der Waals surface area contributed by atoms with E-state index >= 15 is 0 Å². The van der Waals surface area contributed by atoms with Gasteiger partial charge in [0.15, 0.2) is 0 Å². The summed E-state index contributed by atoms with van der Waals surface area (Å²) in [5.74, 6) is 0.292. The van der Waals surface area contributed by atoms with Crippen LogP contribution in [0, 0.1) is 6.92 Å². The molecule has 3 rings (SSSR count). The largest absolute Gasteiger partial charge is 0.508 e. The zero-order valence-corrected chi connectivity index (χ0v) is 25.9. The van der Waals surface area contributed by atoms with Gasteiger partial charge in [-0.1, -0.05) is 70.4 Å². The van der Waals surface area contributed by atoms with Gasteiger partial charge in [-0.05, 0) is 74.4 Å². The van der Waals surface area contributed by atoms with Crippen molar-refractivity contribution in [1.82, 2.24) is 5.32 Å². The Morgan fingerprint density at radius 3 is 2.08 bits per heavy atom. The summed E-state index contributed by atoms with van der Waals surface area (Å²) in [7, 11) is 2.80. The fourth-order valence-electron chi connectivity index (χ4n) is 4.25. The van der Waals surface area contributed by atoms with Crippen molar-refractivity contribution in [3.05, 3.63) is 64.2 Å². The molecule has 6 nitrogen and oxygen atoms in total. The highest BCUT2D eigenvalue weighted by Gasteiger charge is 2.30. The minimum absolute atomic E-state index is 0.0104. The molecule has 3 atom stereocenters. The number of thioether (sulfide) groups is 1. The van der Waals surface area contributed by atoms with Crippen LogP contribution < -0.4 is 5.32 Å². The van der Waals surface area contributed by atoms with Crippen LogP contribution in [-0.2, 0) is 12.8 Å². The lowest BCUT2D eigenvalue weighted by molar-refractivity contribution is 0.137. The molecule has 2 aromatic rings. The molecular formula is C32H55NO5S. The van der Waals surface area contributed by atoms with Crippen molar-refractivity contribution in [2.75, 3.05) is 33.9 Å². The van der Waals surface area contributed by atoms with Gasteiger partial charge in [-0.15, -0.1) is 11.8 Å². The molecule has 1 saturated heterocycles. The first-order valence-electron chi connectivity index (χ1n) is 14.4. The normalized spacial score (nSPS) is 18.1. The van der Waals surface area contributed by atoms with Gasteiger partial charge in [0, 0.05) is 29.7 Å². The van der Waals surface area contributed by atoms with Crippen molar-refractivity contribution < 1.29 is 25.5 Å². The predicted molar refractivity (Wildman–Crippen MR) is 167 cm³/mol. The van der Waals surface area contributed by atoms with Crippen molar-refractivity contribution in [1.29, 1.82) is 0 Å². The number of aliphatic hydroxyl groups is 4. The van der Waals surface area contributed by atoms with E-state index in [1.165, 1.54) is 42.4 Å². The number of unbranched alkanes of at least 4 members (excludes halogenated alkanes) is 2. The second-order valence-corrected chi connectivity index (χ2v) is 11.4. The van der Waals surface area contributed by atoms with Crippen LogP contribution >= 0.6 is 11.8 Å². The number of benzene rings is 2. The lowest BCUT2D eigenvalue weighted by atomic mass is 9.93. The number of hydrogen-bond donors (Lipinski definition) is 6. The van der Waals surface area contributed by atoms with Crippen molar-refractivity contribution in [2.24, 2.45) is 0 Å². The van der Waals surface area contributed by atoms with E-state index in [0.717, 1.165) is 31.1 Å². The summed E-state index contributed by atoms with van der Waals surface area (Å²) in [5, 5.41) is 48.1. The topological polar surface area (TPSA) is 113 Å². The molecule has 1 fully saturated rings. The minimum atomic E-state index is -0.428. The fraction of sp³-hybridized carbons (Fsp3) is 0.625. The molecule has 0 bridgehead atoms. The van der Waals surface area contributed by atoms with Gasteiger partial charge in [-0.3, -0.25) is 0 Å². The maximum atomic E-state index is 10.6. The molecule has 6 N–H and O–H groups in total. The second-order valence-electron chi connectivity index (χ2n) is 9.88. The minimum Gasteiger partial charge on any atom is -0.508 e. The average Bonchev–Trinajstić information content (AvgIpc) is 2.93. The molecule has 0 radical (unpaired) electrons. The Hall–Kier alpha value is -1.61. The Kier molecular flexibility index (Phi) is 22.2. The van der Waals surface area contributed by atoms with Crippen molar-refractivity contribution in [3.8, 4) is 5.75 Å². The zero-order chi connectivity index (χ0) is 29.6. The molecule has 1 aliphatic heterocycles. The van der Waals surface area contributed by atoms with Gasteiger partial charge < -0.3 is 30.8 Å². The van der Waals surface area contributed by atoms with E-state index in [1.54, 1.807) is 18.8 Å². The number of aliphatic hydroxyl groups excluding tert-OH is 4. The summed E-state index contributed by atoms with van der Waals surface area (Å²) < 4.78 is 0. The molecule has 7 heteroatoms. The third kappa shape index (κ3) is 15.1. The third-order valence-corrected chi connectivity index (χ3v) is 7.76. The van der Waals surface area contributed by atoms with Gasteiger partial charge in [0.25, 0.3) is 0 Å². The highest BCUT2D eigenvalue weighted by molar-refractivity contribution is 8.00. The molecule has 0 aromatic heterocycles. The second kappa shape index (κ2) is 23.1. The molecule has 1 heterocycles. The molecule has 0 aliphatic carbocycles. The summed E-state index contributed by atoms with van der Waals surface area (Å²) in [6, 6.07) is 12.9. The van der Waals surface area contributed by atoms with Crippen LogP contribution in [0.3, 0.4) is 0 Å². The summed E-state index contributed by atoms with van der Waals surface area (Å²) in [4.78, 5) is 0. The fourth-order valence-corrected chi connectivity index (χ4v) is 5.80. The number of phenols is 1. The molecule has 0 spiro atoms. The van der Waals surface area contributed by atoms with Gasteiger partial charge >= 0.3 is 0 Å². The van der Waals surface area contributed by atoms with Crippen LogP contribution in [0.4, 0.5) is 0 Å². The Morgan fingerprint density at radius 1 is 0.949 bits per heavy atom. The van der Waals surface area contributed by atoms with Crippen molar-refractivity contribution in [3.63, 3.8) is 0 Å². The quantitative estimate of drug-likeness (QED) is 0.210. The lowest BCUT2D eigenvalue weighted by Crippen LogP contribution is -2.26. The first-order chi connectivity index (χ1) is 18.8. The van der Waals surface area contributed by atoms with Crippen LogP contribution in [0.15, 0.2) is 36.4 Å². The molecule has 2 aromatic carbocycles. The Morgan fingerprint density at radius 2 is 1.56 bits per heavy atom.